The first-order valence-electron chi connectivity index (χ1n) is 5.56. The summed E-state index contributed by atoms with van der Waals surface area (Å²) < 4.78 is 24.3. The zero-order chi connectivity index (χ0) is 13.7. The van der Waals surface area contributed by atoms with Gasteiger partial charge in [-0.2, -0.15) is 8.78 Å². The highest BCUT2D eigenvalue weighted by atomic mass is 32.2. The number of nitrogens with one attached hydrogen (secondary N) is 1. The van der Waals surface area contributed by atoms with Crippen molar-refractivity contribution < 1.29 is 13.6 Å². The van der Waals surface area contributed by atoms with Crippen molar-refractivity contribution >= 4 is 23.4 Å². The summed E-state index contributed by atoms with van der Waals surface area (Å²) in [6, 6.07) is 15.1. The van der Waals surface area contributed by atoms with Crippen LogP contribution in [0, 0.1) is 0 Å². The van der Waals surface area contributed by atoms with Crippen molar-refractivity contribution in [2.75, 3.05) is 5.32 Å². The number of hydrogen-bond acceptors (Lipinski definition) is 2. The predicted molar refractivity (Wildman–Crippen MR) is 72.7 cm³/mol. The fourth-order valence-corrected chi connectivity index (χ4v) is 2.01. The molecule has 0 aliphatic carbocycles. The fraction of sp³-hybridized carbons (Fsp3) is 0.0714. The molecule has 2 aromatic carbocycles. The second-order valence-electron chi connectivity index (χ2n) is 3.72. The van der Waals surface area contributed by atoms with Gasteiger partial charge in [0.05, 0.1) is 0 Å². The molecule has 0 saturated carbocycles. The van der Waals surface area contributed by atoms with Gasteiger partial charge in [0.2, 0.25) is 0 Å². The van der Waals surface area contributed by atoms with Gasteiger partial charge in [-0.1, -0.05) is 30.0 Å². The Morgan fingerprint density at radius 3 is 2.21 bits per heavy atom. The lowest BCUT2D eigenvalue weighted by molar-refractivity contribution is 0.102. The van der Waals surface area contributed by atoms with E-state index in [4.69, 9.17) is 0 Å². The van der Waals surface area contributed by atoms with Gasteiger partial charge in [-0.3, -0.25) is 4.79 Å². The number of thioether (sulfide) groups is 1. The third-order valence-electron chi connectivity index (χ3n) is 2.37. The van der Waals surface area contributed by atoms with Gasteiger partial charge in [0.1, 0.15) is 0 Å². The third-order valence-corrected chi connectivity index (χ3v) is 3.10. The lowest BCUT2D eigenvalue weighted by atomic mass is 10.2. The van der Waals surface area contributed by atoms with E-state index in [0.717, 1.165) is 0 Å². The van der Waals surface area contributed by atoms with Crippen molar-refractivity contribution in [1.82, 2.24) is 0 Å². The van der Waals surface area contributed by atoms with Crippen LogP contribution in [-0.2, 0) is 0 Å². The molecule has 0 aliphatic heterocycles. The van der Waals surface area contributed by atoms with Crippen LogP contribution < -0.4 is 5.32 Å². The molecule has 0 spiro atoms. The van der Waals surface area contributed by atoms with E-state index in [1.54, 1.807) is 12.1 Å². The van der Waals surface area contributed by atoms with E-state index in [1.807, 2.05) is 18.2 Å². The Balaban J connectivity index is 2.04. The Morgan fingerprint density at radius 1 is 1.00 bits per heavy atom. The molecular weight excluding hydrogens is 268 g/mol. The van der Waals surface area contributed by atoms with Gasteiger partial charge in [-0.05, 0) is 36.4 Å². The lowest BCUT2D eigenvalue weighted by Gasteiger charge is -2.05. The summed E-state index contributed by atoms with van der Waals surface area (Å²) in [7, 11) is 0. The molecule has 0 fully saturated rings. The van der Waals surface area contributed by atoms with E-state index < -0.39 is 5.76 Å². The largest absolute Gasteiger partial charge is 0.322 e. The molecule has 19 heavy (non-hydrogen) atoms. The van der Waals surface area contributed by atoms with Crippen molar-refractivity contribution in [1.29, 1.82) is 0 Å². The van der Waals surface area contributed by atoms with E-state index in [0.29, 0.717) is 27.9 Å². The quantitative estimate of drug-likeness (QED) is 0.847. The van der Waals surface area contributed by atoms with E-state index in [2.05, 4.69) is 5.32 Å². The van der Waals surface area contributed by atoms with Crippen LogP contribution in [0.2, 0.25) is 0 Å². The summed E-state index contributed by atoms with van der Waals surface area (Å²) in [4.78, 5) is 12.3. The van der Waals surface area contributed by atoms with Crippen LogP contribution in [0.4, 0.5) is 14.5 Å². The molecule has 0 atom stereocenters. The number of carbonyl (C=O) groups is 1. The maximum Gasteiger partial charge on any atom is 0.288 e. The number of alkyl halides is 2. The molecule has 0 radical (unpaired) electrons. The van der Waals surface area contributed by atoms with Crippen LogP contribution in [0.15, 0.2) is 59.5 Å². The van der Waals surface area contributed by atoms with Gasteiger partial charge in [0, 0.05) is 16.1 Å². The molecule has 0 aliphatic rings. The van der Waals surface area contributed by atoms with Crippen LogP contribution in [0.1, 0.15) is 10.4 Å². The highest BCUT2D eigenvalue weighted by Crippen LogP contribution is 2.25. The number of amides is 1. The van der Waals surface area contributed by atoms with Gasteiger partial charge >= 0.3 is 0 Å². The molecule has 5 heteroatoms. The number of para-hydroxylation sites is 1. The molecule has 0 unspecified atom stereocenters. The van der Waals surface area contributed by atoms with Crippen LogP contribution in [0.25, 0.3) is 0 Å². The SMILES string of the molecule is O=C(Nc1ccccc1)c1ccc(SC(F)F)cc1. The number of rotatable bonds is 4. The van der Waals surface area contributed by atoms with Crippen LogP contribution >= 0.6 is 11.8 Å². The Labute approximate surface area is 113 Å². The van der Waals surface area contributed by atoms with Crippen LogP contribution in [0.5, 0.6) is 0 Å². The van der Waals surface area contributed by atoms with E-state index >= 15 is 0 Å². The van der Waals surface area contributed by atoms with Crippen molar-refractivity contribution in [3.8, 4) is 0 Å². The summed E-state index contributed by atoms with van der Waals surface area (Å²) in [5, 5.41) is 2.72. The number of hydrogen-bond donors (Lipinski definition) is 1. The molecule has 2 aromatic rings. The Hall–Kier alpha value is -1.88. The highest BCUT2D eigenvalue weighted by molar-refractivity contribution is 7.99. The fourth-order valence-electron chi connectivity index (χ4n) is 1.51. The first-order chi connectivity index (χ1) is 9.15. The molecule has 0 heterocycles. The third kappa shape index (κ3) is 4.06. The van der Waals surface area contributed by atoms with Crippen molar-refractivity contribution in [3.63, 3.8) is 0 Å². The molecule has 2 nitrogen and oxygen atoms in total. The van der Waals surface area contributed by atoms with Crippen molar-refractivity contribution in [3.05, 3.63) is 60.2 Å². The summed E-state index contributed by atoms with van der Waals surface area (Å²) in [5.74, 6) is -2.72. The molecule has 0 bridgehead atoms. The maximum absolute atomic E-state index is 12.2. The van der Waals surface area contributed by atoms with Crippen LogP contribution in [0.3, 0.4) is 0 Å². The summed E-state index contributed by atoms with van der Waals surface area (Å²) in [5.41, 5.74) is 1.13. The van der Waals surface area contributed by atoms with Gasteiger partial charge in [-0.25, -0.2) is 0 Å². The average Bonchev–Trinajstić information content (AvgIpc) is 2.40. The topological polar surface area (TPSA) is 29.1 Å². The minimum atomic E-state index is -2.45. The minimum absolute atomic E-state index is 0.264. The highest BCUT2D eigenvalue weighted by Gasteiger charge is 2.08. The molecule has 98 valence electrons. The first kappa shape index (κ1) is 13.5. The standard InChI is InChI=1S/C14H11F2NOS/c15-14(16)19-12-8-6-10(7-9-12)13(18)17-11-4-2-1-3-5-11/h1-9,14H,(H,17,18). The summed E-state index contributed by atoms with van der Waals surface area (Å²) in [6.45, 7) is 0. The number of carbonyl (C=O) groups excluding carboxylic acids is 1. The average molecular weight is 279 g/mol. The maximum atomic E-state index is 12.2. The predicted octanol–water partition coefficient (Wildman–Crippen LogP) is 4.25. The Kier molecular flexibility index (Phi) is 4.52. The zero-order valence-corrected chi connectivity index (χ0v) is 10.7. The smallest absolute Gasteiger partial charge is 0.288 e. The molecule has 0 saturated heterocycles. The number of benzene rings is 2. The van der Waals surface area contributed by atoms with E-state index in [1.165, 1.54) is 24.3 Å². The zero-order valence-electron chi connectivity index (χ0n) is 9.85. The van der Waals surface area contributed by atoms with Gasteiger partial charge < -0.3 is 5.32 Å². The van der Waals surface area contributed by atoms with Crippen LogP contribution in [-0.4, -0.2) is 11.7 Å². The van der Waals surface area contributed by atoms with E-state index in [9.17, 15) is 13.6 Å². The molecule has 0 aromatic heterocycles. The summed E-state index contributed by atoms with van der Waals surface area (Å²) >= 11 is 0.458. The second kappa shape index (κ2) is 6.33. The van der Waals surface area contributed by atoms with Gasteiger partial charge in [-0.15, -0.1) is 0 Å². The van der Waals surface area contributed by atoms with Gasteiger partial charge in [0.15, 0.2) is 0 Å². The Bertz CT molecular complexity index is 543. The number of halogens is 2. The lowest BCUT2D eigenvalue weighted by Crippen LogP contribution is -2.11. The number of anilines is 1. The molecule has 1 N–H and O–H groups in total. The molecular formula is C14H11F2NOS. The molecule has 1 amide bonds. The van der Waals surface area contributed by atoms with Crippen molar-refractivity contribution in [2.45, 2.75) is 10.7 Å². The normalized spacial score (nSPS) is 10.5. The van der Waals surface area contributed by atoms with Crippen molar-refractivity contribution in [2.24, 2.45) is 0 Å². The monoisotopic (exact) mass is 279 g/mol. The summed E-state index contributed by atoms with van der Waals surface area (Å²) in [6.07, 6.45) is 0. The van der Waals surface area contributed by atoms with Gasteiger partial charge in [0.25, 0.3) is 11.7 Å². The van der Waals surface area contributed by atoms with E-state index in [-0.39, 0.29) is 5.91 Å². The first-order valence-corrected chi connectivity index (χ1v) is 6.44. The molecule has 2 rings (SSSR count). The minimum Gasteiger partial charge on any atom is -0.322 e. The Morgan fingerprint density at radius 2 is 1.63 bits per heavy atom. The second-order valence-corrected chi connectivity index (χ2v) is 4.79.